The Bertz CT molecular complexity index is 865. The molecule has 22 heavy (non-hydrogen) atoms. The van der Waals surface area contributed by atoms with E-state index in [2.05, 4.69) is 44.1 Å². The van der Waals surface area contributed by atoms with E-state index < -0.39 is 0 Å². The van der Waals surface area contributed by atoms with E-state index in [1.165, 1.54) is 40.7 Å². The van der Waals surface area contributed by atoms with Crippen molar-refractivity contribution in [2.75, 3.05) is 11.4 Å². The van der Waals surface area contributed by atoms with Gasteiger partial charge >= 0.3 is 0 Å². The molecule has 4 heteroatoms. The van der Waals surface area contributed by atoms with Crippen molar-refractivity contribution in [3.05, 3.63) is 47.4 Å². The van der Waals surface area contributed by atoms with Gasteiger partial charge in [-0.15, -0.1) is 0 Å². The molecule has 3 aromatic rings. The van der Waals surface area contributed by atoms with Crippen LogP contribution in [0.3, 0.4) is 0 Å². The second-order valence-corrected chi connectivity index (χ2v) is 6.24. The van der Waals surface area contributed by atoms with E-state index in [1.807, 2.05) is 0 Å². The monoisotopic (exact) mass is 290 g/mol. The number of para-hydroxylation sites is 1. The van der Waals surface area contributed by atoms with Crippen molar-refractivity contribution in [2.24, 2.45) is 0 Å². The van der Waals surface area contributed by atoms with Gasteiger partial charge in [-0.25, -0.2) is 9.97 Å². The number of hydrogen-bond donors (Lipinski definition) is 1. The van der Waals surface area contributed by atoms with Crippen LogP contribution in [0.15, 0.2) is 30.6 Å². The minimum atomic E-state index is 1.00. The third-order valence-electron chi connectivity index (χ3n) is 5.01. The molecule has 1 aliphatic carbocycles. The Morgan fingerprint density at radius 1 is 1.00 bits per heavy atom. The third kappa shape index (κ3) is 1.64. The Hall–Kier alpha value is -2.36. The molecule has 0 bridgehead atoms. The summed E-state index contributed by atoms with van der Waals surface area (Å²) in [5, 5.41) is 1.24. The van der Waals surface area contributed by atoms with Crippen LogP contribution >= 0.6 is 0 Å². The molecule has 1 aromatic carbocycles. The number of aryl methyl sites for hydroxylation is 2. The molecule has 0 unspecified atom stereocenters. The van der Waals surface area contributed by atoms with E-state index in [0.717, 1.165) is 37.3 Å². The first-order chi connectivity index (χ1) is 10.9. The highest BCUT2D eigenvalue weighted by Crippen LogP contribution is 2.39. The van der Waals surface area contributed by atoms with Gasteiger partial charge in [-0.3, -0.25) is 0 Å². The lowest BCUT2D eigenvalue weighted by molar-refractivity contribution is 0.679. The molecule has 0 saturated carbocycles. The van der Waals surface area contributed by atoms with E-state index in [9.17, 15) is 0 Å². The summed E-state index contributed by atoms with van der Waals surface area (Å²) in [6.45, 7) is 1.01. The standard InChI is InChI=1S/C18H18N4/c1-4-8-15-12(5-1)9-10-22(15)18-16-13-6-2-3-7-14(13)21-17(16)19-11-20-18/h1,4-5,8,11H,2-3,6-7,9-10H2,(H,19,20,21). The first-order valence-corrected chi connectivity index (χ1v) is 8.12. The predicted molar refractivity (Wildman–Crippen MR) is 87.7 cm³/mol. The fourth-order valence-corrected chi connectivity index (χ4v) is 3.97. The second-order valence-electron chi connectivity index (χ2n) is 6.24. The average Bonchev–Trinajstić information content (AvgIpc) is 3.16. The Morgan fingerprint density at radius 3 is 2.91 bits per heavy atom. The highest BCUT2D eigenvalue weighted by atomic mass is 15.2. The lowest BCUT2D eigenvalue weighted by atomic mass is 9.96. The summed E-state index contributed by atoms with van der Waals surface area (Å²) >= 11 is 0. The van der Waals surface area contributed by atoms with Gasteiger partial charge in [0.1, 0.15) is 17.8 Å². The molecule has 0 fully saturated rings. The largest absolute Gasteiger partial charge is 0.343 e. The van der Waals surface area contributed by atoms with Crippen LogP contribution in [0.5, 0.6) is 0 Å². The van der Waals surface area contributed by atoms with E-state index in [-0.39, 0.29) is 0 Å². The topological polar surface area (TPSA) is 44.8 Å². The molecule has 3 heterocycles. The highest BCUT2D eigenvalue weighted by molar-refractivity contribution is 5.94. The maximum absolute atomic E-state index is 4.66. The van der Waals surface area contributed by atoms with Crippen LogP contribution in [0.1, 0.15) is 29.7 Å². The molecule has 0 radical (unpaired) electrons. The van der Waals surface area contributed by atoms with E-state index in [0.29, 0.717) is 0 Å². The van der Waals surface area contributed by atoms with Crippen LogP contribution in [-0.4, -0.2) is 21.5 Å². The van der Waals surface area contributed by atoms with Crippen molar-refractivity contribution in [3.63, 3.8) is 0 Å². The second kappa shape index (κ2) is 4.57. The van der Waals surface area contributed by atoms with Crippen molar-refractivity contribution in [2.45, 2.75) is 32.1 Å². The summed E-state index contributed by atoms with van der Waals surface area (Å²) in [7, 11) is 0. The smallest absolute Gasteiger partial charge is 0.146 e. The summed E-state index contributed by atoms with van der Waals surface area (Å²) in [5.41, 5.74) is 6.53. The van der Waals surface area contributed by atoms with Crippen LogP contribution in [0.2, 0.25) is 0 Å². The number of nitrogens with zero attached hydrogens (tertiary/aromatic N) is 3. The number of aromatic amines is 1. The SMILES string of the molecule is c1ccc2c(c1)CCN2c1ncnc2[nH]c3c(c12)CCCC3. The molecule has 2 aliphatic rings. The fourth-order valence-electron chi connectivity index (χ4n) is 3.97. The van der Waals surface area contributed by atoms with Crippen molar-refractivity contribution in [1.82, 2.24) is 15.0 Å². The fraction of sp³-hybridized carbons (Fsp3) is 0.333. The molecule has 110 valence electrons. The highest BCUT2D eigenvalue weighted by Gasteiger charge is 2.26. The van der Waals surface area contributed by atoms with Crippen LogP contribution < -0.4 is 4.90 Å². The first-order valence-electron chi connectivity index (χ1n) is 8.12. The number of rotatable bonds is 1. The van der Waals surface area contributed by atoms with E-state index in [1.54, 1.807) is 6.33 Å². The molecule has 4 nitrogen and oxygen atoms in total. The lowest BCUT2D eigenvalue weighted by Crippen LogP contribution is -2.15. The minimum absolute atomic E-state index is 1.00. The average molecular weight is 290 g/mol. The van der Waals surface area contributed by atoms with Gasteiger partial charge in [0, 0.05) is 17.9 Å². The van der Waals surface area contributed by atoms with Crippen LogP contribution in [0, 0.1) is 0 Å². The maximum Gasteiger partial charge on any atom is 0.146 e. The first kappa shape index (κ1) is 12.2. The summed E-state index contributed by atoms with van der Waals surface area (Å²) in [4.78, 5) is 15.0. The summed E-state index contributed by atoms with van der Waals surface area (Å²) in [5.74, 6) is 1.08. The van der Waals surface area contributed by atoms with Crippen molar-refractivity contribution >= 4 is 22.5 Å². The van der Waals surface area contributed by atoms with Crippen LogP contribution in [-0.2, 0) is 19.3 Å². The normalized spacial score (nSPS) is 16.8. The third-order valence-corrected chi connectivity index (χ3v) is 5.01. The van der Waals surface area contributed by atoms with E-state index >= 15 is 0 Å². The van der Waals surface area contributed by atoms with Crippen molar-refractivity contribution in [3.8, 4) is 0 Å². The Morgan fingerprint density at radius 2 is 1.91 bits per heavy atom. The van der Waals surface area contributed by atoms with Crippen LogP contribution in [0.25, 0.3) is 11.0 Å². The number of anilines is 2. The van der Waals surface area contributed by atoms with Crippen molar-refractivity contribution in [1.29, 1.82) is 0 Å². The zero-order valence-corrected chi connectivity index (χ0v) is 12.5. The predicted octanol–water partition coefficient (Wildman–Crippen LogP) is 3.53. The number of nitrogens with one attached hydrogen (secondary N) is 1. The Kier molecular flexibility index (Phi) is 2.53. The van der Waals surface area contributed by atoms with Crippen LogP contribution in [0.4, 0.5) is 11.5 Å². The molecule has 0 spiro atoms. The van der Waals surface area contributed by atoms with Gasteiger partial charge in [0.25, 0.3) is 0 Å². The summed E-state index contributed by atoms with van der Waals surface area (Å²) in [6.07, 6.45) is 7.61. The Labute approximate surface area is 129 Å². The van der Waals surface area contributed by atoms with Gasteiger partial charge in [0.05, 0.1) is 5.39 Å². The minimum Gasteiger partial charge on any atom is -0.343 e. The Balaban J connectivity index is 1.74. The lowest BCUT2D eigenvalue weighted by Gasteiger charge is -2.20. The van der Waals surface area contributed by atoms with Gasteiger partial charge in [-0.05, 0) is 49.3 Å². The summed E-state index contributed by atoms with van der Waals surface area (Å²) < 4.78 is 0. The number of fused-ring (bicyclic) bond motifs is 4. The molecule has 2 aromatic heterocycles. The zero-order chi connectivity index (χ0) is 14.5. The number of benzene rings is 1. The van der Waals surface area contributed by atoms with Gasteiger partial charge in [-0.1, -0.05) is 18.2 Å². The molecule has 5 rings (SSSR count). The molecule has 1 N–H and O–H groups in total. The molecule has 0 atom stereocenters. The van der Waals surface area contributed by atoms with Gasteiger partial charge in [0.15, 0.2) is 0 Å². The summed E-state index contributed by atoms with van der Waals surface area (Å²) in [6, 6.07) is 8.66. The van der Waals surface area contributed by atoms with Gasteiger partial charge < -0.3 is 9.88 Å². The quantitative estimate of drug-likeness (QED) is 0.745. The van der Waals surface area contributed by atoms with E-state index in [4.69, 9.17) is 0 Å². The molecular weight excluding hydrogens is 272 g/mol. The molecular formula is C18H18N4. The number of hydrogen-bond acceptors (Lipinski definition) is 3. The zero-order valence-electron chi connectivity index (χ0n) is 12.5. The molecule has 1 aliphatic heterocycles. The molecule has 0 saturated heterocycles. The molecule has 0 amide bonds. The van der Waals surface area contributed by atoms with Gasteiger partial charge in [-0.2, -0.15) is 0 Å². The number of H-pyrrole nitrogens is 1. The van der Waals surface area contributed by atoms with Crippen molar-refractivity contribution < 1.29 is 0 Å². The number of aromatic nitrogens is 3. The maximum atomic E-state index is 4.66. The van der Waals surface area contributed by atoms with Gasteiger partial charge in [0.2, 0.25) is 0 Å².